The Bertz CT molecular complexity index is 1620. The number of hydrogen-bond acceptors (Lipinski definition) is 6. The topological polar surface area (TPSA) is 103 Å². The minimum atomic E-state index is -0.538. The molecule has 1 aromatic heterocycles. The van der Waals surface area contributed by atoms with Crippen LogP contribution in [0.2, 0.25) is 0 Å². The molecule has 0 fully saturated rings. The highest BCUT2D eigenvalue weighted by atomic mass is 32.2. The summed E-state index contributed by atoms with van der Waals surface area (Å²) in [5.74, 6) is 0.398. The van der Waals surface area contributed by atoms with Crippen LogP contribution in [0.25, 0.3) is 16.5 Å². The third-order valence-corrected chi connectivity index (χ3v) is 7.03. The van der Waals surface area contributed by atoms with Crippen molar-refractivity contribution in [2.45, 2.75) is 23.9 Å². The molecule has 0 saturated carbocycles. The molecule has 0 spiro atoms. The third kappa shape index (κ3) is 5.25. The number of nitrogens with one attached hydrogen (secondary N) is 1. The summed E-state index contributed by atoms with van der Waals surface area (Å²) in [6.45, 7) is 1.81. The van der Waals surface area contributed by atoms with Crippen LogP contribution in [0.15, 0.2) is 96.2 Å². The lowest BCUT2D eigenvalue weighted by Crippen LogP contribution is -2.28. The SMILES string of the molecule is C[C@H](NC(=O)c1cccc2ccccc12)c1nnc(SCc2ccc(F)cc2)n1-c1ccc([N+](=O)[O-])cc1. The fourth-order valence-corrected chi connectivity index (χ4v) is 5.03. The molecule has 0 bridgehead atoms. The fraction of sp³-hybridized carbons (Fsp3) is 0.107. The standard InChI is InChI=1S/C28H22FN5O3S/c1-18(30-27(35)25-8-4-6-20-5-2-3-7-24(20)25)26-31-32-28(38-17-19-9-11-21(29)12-10-19)33(26)22-13-15-23(16-14-22)34(36)37/h2-16,18H,17H2,1H3,(H,30,35)/t18-/m0/s1. The van der Waals surface area contributed by atoms with E-state index in [9.17, 15) is 19.3 Å². The number of hydrogen-bond donors (Lipinski definition) is 1. The summed E-state index contributed by atoms with van der Waals surface area (Å²) in [6, 6.07) is 24.9. The Morgan fingerprint density at radius 2 is 1.71 bits per heavy atom. The molecule has 5 rings (SSSR count). The van der Waals surface area contributed by atoms with Gasteiger partial charge in [-0.2, -0.15) is 0 Å². The highest BCUT2D eigenvalue weighted by Crippen LogP contribution is 2.29. The third-order valence-electron chi connectivity index (χ3n) is 6.03. The van der Waals surface area contributed by atoms with E-state index in [2.05, 4.69) is 15.5 Å². The lowest BCUT2D eigenvalue weighted by molar-refractivity contribution is -0.384. The number of carbonyl (C=O) groups is 1. The van der Waals surface area contributed by atoms with E-state index in [1.807, 2.05) is 43.3 Å². The summed E-state index contributed by atoms with van der Waals surface area (Å²) in [6.07, 6.45) is 0. The Kier molecular flexibility index (Phi) is 7.14. The second-order valence-corrected chi connectivity index (χ2v) is 9.53. The van der Waals surface area contributed by atoms with Crippen LogP contribution in [0.1, 0.15) is 34.7 Å². The molecule has 0 aliphatic rings. The monoisotopic (exact) mass is 527 g/mol. The van der Waals surface area contributed by atoms with Gasteiger partial charge in [-0.3, -0.25) is 19.5 Å². The van der Waals surface area contributed by atoms with Crippen LogP contribution in [0.5, 0.6) is 0 Å². The number of nitro benzene ring substituents is 1. The van der Waals surface area contributed by atoms with E-state index in [1.165, 1.54) is 36.0 Å². The molecule has 0 unspecified atom stereocenters. The van der Waals surface area contributed by atoms with Gasteiger partial charge in [0.25, 0.3) is 11.6 Å². The molecule has 1 amide bonds. The highest BCUT2D eigenvalue weighted by Gasteiger charge is 2.23. The first-order chi connectivity index (χ1) is 18.4. The van der Waals surface area contributed by atoms with Crippen LogP contribution in [0, 0.1) is 15.9 Å². The lowest BCUT2D eigenvalue weighted by atomic mass is 10.0. The first-order valence-corrected chi connectivity index (χ1v) is 12.8. The van der Waals surface area contributed by atoms with E-state index in [4.69, 9.17) is 0 Å². The number of nitrogens with zero attached hydrogens (tertiary/aromatic N) is 4. The van der Waals surface area contributed by atoms with Crippen molar-refractivity contribution in [2.24, 2.45) is 0 Å². The van der Waals surface area contributed by atoms with Crippen molar-refractivity contribution < 1.29 is 14.1 Å². The summed E-state index contributed by atoms with van der Waals surface area (Å²) in [7, 11) is 0. The predicted molar refractivity (Wildman–Crippen MR) is 144 cm³/mol. The number of non-ortho nitro benzene ring substituents is 1. The number of fused-ring (bicyclic) bond motifs is 1. The van der Waals surface area contributed by atoms with Gasteiger partial charge >= 0.3 is 0 Å². The molecule has 1 N–H and O–H groups in total. The van der Waals surface area contributed by atoms with Gasteiger partial charge in [-0.05, 0) is 53.6 Å². The number of benzene rings is 4. The molecule has 4 aromatic carbocycles. The minimum absolute atomic E-state index is 0.0406. The molecule has 190 valence electrons. The van der Waals surface area contributed by atoms with Gasteiger partial charge in [0.05, 0.1) is 11.0 Å². The number of rotatable bonds is 8. The molecule has 8 nitrogen and oxygen atoms in total. The van der Waals surface area contributed by atoms with Gasteiger partial charge < -0.3 is 5.32 Å². The molecule has 0 saturated heterocycles. The van der Waals surface area contributed by atoms with Crippen molar-refractivity contribution >= 4 is 34.1 Å². The van der Waals surface area contributed by atoms with E-state index in [0.717, 1.165) is 16.3 Å². The summed E-state index contributed by atoms with van der Waals surface area (Å²) in [4.78, 5) is 24.0. The van der Waals surface area contributed by atoms with E-state index in [1.54, 1.807) is 34.9 Å². The van der Waals surface area contributed by atoms with Crippen LogP contribution in [-0.4, -0.2) is 25.6 Å². The molecule has 1 atom stereocenters. The van der Waals surface area contributed by atoms with Gasteiger partial charge in [-0.15, -0.1) is 10.2 Å². The van der Waals surface area contributed by atoms with Crippen molar-refractivity contribution in [3.63, 3.8) is 0 Å². The maximum absolute atomic E-state index is 13.3. The second-order valence-electron chi connectivity index (χ2n) is 8.59. The summed E-state index contributed by atoms with van der Waals surface area (Å²) >= 11 is 1.39. The van der Waals surface area contributed by atoms with Gasteiger partial charge in [-0.1, -0.05) is 60.3 Å². The molecule has 0 aliphatic carbocycles. The molecule has 1 heterocycles. The largest absolute Gasteiger partial charge is 0.342 e. The molecule has 5 aromatic rings. The van der Waals surface area contributed by atoms with Gasteiger partial charge in [0, 0.05) is 29.1 Å². The zero-order valence-corrected chi connectivity index (χ0v) is 21.1. The summed E-state index contributed by atoms with van der Waals surface area (Å²) in [5.41, 5.74) is 2.01. The number of halogens is 1. The van der Waals surface area contributed by atoms with Gasteiger partial charge in [0.1, 0.15) is 5.82 Å². The van der Waals surface area contributed by atoms with E-state index in [0.29, 0.717) is 28.0 Å². The zero-order chi connectivity index (χ0) is 26.6. The number of aromatic nitrogens is 3. The average molecular weight is 528 g/mol. The van der Waals surface area contributed by atoms with Crippen molar-refractivity contribution in [1.82, 2.24) is 20.1 Å². The zero-order valence-electron chi connectivity index (χ0n) is 20.2. The Balaban J connectivity index is 1.46. The summed E-state index contributed by atoms with van der Waals surface area (Å²) in [5, 5.41) is 25.2. The van der Waals surface area contributed by atoms with Gasteiger partial charge in [0.15, 0.2) is 11.0 Å². The van der Waals surface area contributed by atoms with Crippen LogP contribution in [-0.2, 0) is 5.75 Å². The molecular formula is C28H22FN5O3S. The predicted octanol–water partition coefficient (Wildman–Crippen LogP) is 6.25. The maximum atomic E-state index is 13.3. The van der Waals surface area contributed by atoms with Crippen molar-refractivity contribution in [3.8, 4) is 5.69 Å². The highest BCUT2D eigenvalue weighted by molar-refractivity contribution is 7.98. The first kappa shape index (κ1) is 25.1. The van der Waals surface area contributed by atoms with Crippen LogP contribution in [0.3, 0.4) is 0 Å². The van der Waals surface area contributed by atoms with Crippen LogP contribution >= 0.6 is 11.8 Å². The molecular weight excluding hydrogens is 505 g/mol. The first-order valence-electron chi connectivity index (χ1n) is 11.8. The van der Waals surface area contributed by atoms with Crippen molar-refractivity contribution in [1.29, 1.82) is 0 Å². The van der Waals surface area contributed by atoms with Gasteiger partial charge in [-0.25, -0.2) is 4.39 Å². The number of nitro groups is 1. The average Bonchev–Trinajstić information content (AvgIpc) is 3.36. The Hall–Kier alpha value is -4.57. The van der Waals surface area contributed by atoms with Crippen molar-refractivity contribution in [3.05, 3.63) is 124 Å². The lowest BCUT2D eigenvalue weighted by Gasteiger charge is -2.17. The van der Waals surface area contributed by atoms with E-state index < -0.39 is 11.0 Å². The minimum Gasteiger partial charge on any atom is -0.342 e. The Morgan fingerprint density at radius 3 is 2.45 bits per heavy atom. The molecule has 0 radical (unpaired) electrons. The van der Waals surface area contributed by atoms with Crippen LogP contribution < -0.4 is 5.32 Å². The fourth-order valence-electron chi connectivity index (χ4n) is 4.11. The molecule has 38 heavy (non-hydrogen) atoms. The number of thioether (sulfide) groups is 1. The van der Waals surface area contributed by atoms with Gasteiger partial charge in [0.2, 0.25) is 0 Å². The smallest absolute Gasteiger partial charge is 0.269 e. The maximum Gasteiger partial charge on any atom is 0.269 e. The van der Waals surface area contributed by atoms with Crippen LogP contribution in [0.4, 0.5) is 10.1 Å². The molecule has 0 aliphatic heterocycles. The molecule has 10 heteroatoms. The second kappa shape index (κ2) is 10.8. The quantitative estimate of drug-likeness (QED) is 0.145. The van der Waals surface area contributed by atoms with Crippen molar-refractivity contribution in [2.75, 3.05) is 0 Å². The Labute approximate surface area is 221 Å². The number of carbonyl (C=O) groups excluding carboxylic acids is 1. The number of amides is 1. The Morgan fingerprint density at radius 1 is 1.00 bits per heavy atom. The summed E-state index contributed by atoms with van der Waals surface area (Å²) < 4.78 is 15.1. The normalized spacial score (nSPS) is 11.8. The van der Waals surface area contributed by atoms with E-state index in [-0.39, 0.29) is 17.4 Å². The van der Waals surface area contributed by atoms with E-state index >= 15 is 0 Å².